The molecule has 1 aliphatic heterocycles. The van der Waals surface area contributed by atoms with E-state index < -0.39 is 0 Å². The molecule has 1 saturated heterocycles. The fourth-order valence-electron chi connectivity index (χ4n) is 2.36. The molecule has 1 heterocycles. The molecule has 2 rings (SSSR count). The lowest BCUT2D eigenvalue weighted by Gasteiger charge is -2.40. The van der Waals surface area contributed by atoms with Crippen molar-refractivity contribution in [2.24, 2.45) is 0 Å². The Morgan fingerprint density at radius 1 is 1.25 bits per heavy atom. The van der Waals surface area contributed by atoms with Crippen molar-refractivity contribution in [3.63, 3.8) is 0 Å². The van der Waals surface area contributed by atoms with Gasteiger partial charge in [0.2, 0.25) is 0 Å². The molecule has 0 unspecified atom stereocenters. The second-order valence-corrected chi connectivity index (χ2v) is 4.83. The zero-order valence-corrected chi connectivity index (χ0v) is 10.4. The number of nitrogens with zero attached hydrogens (tertiary/aromatic N) is 2. The van der Waals surface area contributed by atoms with E-state index >= 15 is 0 Å². The minimum absolute atomic E-state index is 0.118. The van der Waals surface area contributed by atoms with Crippen molar-refractivity contribution in [2.75, 3.05) is 27.2 Å². The third kappa shape index (κ3) is 2.17. The standard InChI is InChI=1S/C12H17ClN2O/c1-14-6-3-7-15(2)12(14)10-8-9(13)4-5-11(10)16/h4-5,8,12,16H,3,6-7H2,1-2H3. The maximum atomic E-state index is 9.91. The van der Waals surface area contributed by atoms with Gasteiger partial charge in [-0.05, 0) is 38.7 Å². The highest BCUT2D eigenvalue weighted by atomic mass is 35.5. The van der Waals surface area contributed by atoms with Crippen LogP contribution in [0.5, 0.6) is 5.75 Å². The largest absolute Gasteiger partial charge is 0.508 e. The zero-order valence-electron chi connectivity index (χ0n) is 9.65. The van der Waals surface area contributed by atoms with Crippen LogP contribution in [0.2, 0.25) is 5.02 Å². The minimum atomic E-state index is 0.118. The zero-order chi connectivity index (χ0) is 11.7. The molecule has 0 aromatic heterocycles. The highest BCUT2D eigenvalue weighted by Crippen LogP contribution is 2.34. The Morgan fingerprint density at radius 2 is 1.88 bits per heavy atom. The van der Waals surface area contributed by atoms with Gasteiger partial charge in [-0.3, -0.25) is 9.80 Å². The van der Waals surface area contributed by atoms with Gasteiger partial charge < -0.3 is 5.11 Å². The minimum Gasteiger partial charge on any atom is -0.508 e. The molecular weight excluding hydrogens is 224 g/mol. The van der Waals surface area contributed by atoms with E-state index in [0.717, 1.165) is 25.1 Å². The van der Waals surface area contributed by atoms with Gasteiger partial charge in [-0.25, -0.2) is 0 Å². The van der Waals surface area contributed by atoms with Gasteiger partial charge in [-0.15, -0.1) is 0 Å². The van der Waals surface area contributed by atoms with Crippen molar-refractivity contribution >= 4 is 11.6 Å². The maximum Gasteiger partial charge on any atom is 0.121 e. The number of hydrogen-bond acceptors (Lipinski definition) is 3. The van der Waals surface area contributed by atoms with E-state index in [1.165, 1.54) is 0 Å². The molecule has 0 amide bonds. The summed E-state index contributed by atoms with van der Waals surface area (Å²) in [4.78, 5) is 4.46. The first-order valence-electron chi connectivity index (χ1n) is 5.48. The number of aromatic hydroxyl groups is 1. The molecule has 0 saturated carbocycles. The average Bonchev–Trinajstić information content (AvgIpc) is 2.23. The molecule has 88 valence electrons. The lowest BCUT2D eigenvalue weighted by Crippen LogP contribution is -2.43. The van der Waals surface area contributed by atoms with Gasteiger partial charge >= 0.3 is 0 Å². The summed E-state index contributed by atoms with van der Waals surface area (Å²) in [7, 11) is 4.14. The quantitative estimate of drug-likeness (QED) is 0.816. The van der Waals surface area contributed by atoms with Crippen molar-refractivity contribution in [1.82, 2.24) is 9.80 Å². The Balaban J connectivity index is 2.37. The van der Waals surface area contributed by atoms with Crippen LogP contribution in [0.25, 0.3) is 0 Å². The summed E-state index contributed by atoms with van der Waals surface area (Å²) in [6.07, 6.45) is 1.28. The van der Waals surface area contributed by atoms with Crippen LogP contribution in [-0.2, 0) is 0 Å². The van der Waals surface area contributed by atoms with E-state index in [1.54, 1.807) is 12.1 Å². The van der Waals surface area contributed by atoms with Crippen LogP contribution in [0.15, 0.2) is 18.2 Å². The number of halogens is 1. The highest BCUT2D eigenvalue weighted by molar-refractivity contribution is 6.30. The van der Waals surface area contributed by atoms with Gasteiger partial charge in [0.15, 0.2) is 0 Å². The molecule has 1 fully saturated rings. The Labute approximate surface area is 101 Å². The molecule has 1 aromatic carbocycles. The topological polar surface area (TPSA) is 26.7 Å². The number of hydrogen-bond donors (Lipinski definition) is 1. The fourth-order valence-corrected chi connectivity index (χ4v) is 2.54. The molecule has 0 spiro atoms. The van der Waals surface area contributed by atoms with Gasteiger partial charge in [0, 0.05) is 23.7 Å². The molecule has 0 bridgehead atoms. The van der Waals surface area contributed by atoms with E-state index in [9.17, 15) is 5.11 Å². The van der Waals surface area contributed by atoms with Crippen LogP contribution in [0.3, 0.4) is 0 Å². The molecule has 0 atom stereocenters. The summed E-state index contributed by atoms with van der Waals surface area (Å²) in [5.74, 6) is 0.315. The highest BCUT2D eigenvalue weighted by Gasteiger charge is 2.27. The Bertz CT molecular complexity index is 373. The van der Waals surface area contributed by atoms with Crippen LogP contribution in [0, 0.1) is 0 Å². The Kier molecular flexibility index (Phi) is 3.38. The third-order valence-electron chi connectivity index (χ3n) is 3.12. The van der Waals surface area contributed by atoms with E-state index in [-0.39, 0.29) is 6.17 Å². The molecule has 0 aliphatic carbocycles. The van der Waals surface area contributed by atoms with Crippen molar-refractivity contribution in [2.45, 2.75) is 12.6 Å². The second-order valence-electron chi connectivity index (χ2n) is 4.39. The van der Waals surface area contributed by atoms with E-state index in [2.05, 4.69) is 23.9 Å². The normalized spacial score (nSPS) is 20.2. The first-order valence-corrected chi connectivity index (χ1v) is 5.86. The summed E-state index contributed by atoms with van der Waals surface area (Å²) in [5, 5.41) is 10.6. The van der Waals surface area contributed by atoms with Gasteiger partial charge in [-0.1, -0.05) is 11.6 Å². The Hall–Kier alpha value is -0.770. The molecule has 16 heavy (non-hydrogen) atoms. The predicted molar refractivity (Wildman–Crippen MR) is 65.7 cm³/mol. The smallest absolute Gasteiger partial charge is 0.121 e. The average molecular weight is 241 g/mol. The molecule has 0 radical (unpaired) electrons. The third-order valence-corrected chi connectivity index (χ3v) is 3.36. The predicted octanol–water partition coefficient (Wildman–Crippen LogP) is 2.31. The first kappa shape index (κ1) is 11.7. The van der Waals surface area contributed by atoms with Gasteiger partial charge in [0.1, 0.15) is 5.75 Å². The molecular formula is C12H17ClN2O. The SMILES string of the molecule is CN1CCCN(C)C1c1cc(Cl)ccc1O. The molecule has 1 aromatic rings. The summed E-state index contributed by atoms with van der Waals surface area (Å²) < 4.78 is 0. The number of phenolic OH excluding ortho intramolecular Hbond substituents is 1. The molecule has 4 heteroatoms. The van der Waals surface area contributed by atoms with Crippen LogP contribution in [-0.4, -0.2) is 42.1 Å². The monoisotopic (exact) mass is 240 g/mol. The van der Waals surface area contributed by atoms with Crippen LogP contribution < -0.4 is 0 Å². The van der Waals surface area contributed by atoms with Crippen molar-refractivity contribution in [3.05, 3.63) is 28.8 Å². The van der Waals surface area contributed by atoms with E-state index in [0.29, 0.717) is 10.8 Å². The van der Waals surface area contributed by atoms with Crippen molar-refractivity contribution < 1.29 is 5.11 Å². The van der Waals surface area contributed by atoms with Crippen molar-refractivity contribution in [1.29, 1.82) is 0 Å². The lowest BCUT2D eigenvalue weighted by atomic mass is 10.1. The molecule has 1 N–H and O–H groups in total. The Morgan fingerprint density at radius 3 is 2.50 bits per heavy atom. The van der Waals surface area contributed by atoms with Gasteiger partial charge in [0.25, 0.3) is 0 Å². The number of rotatable bonds is 1. The van der Waals surface area contributed by atoms with E-state index in [1.807, 2.05) is 6.07 Å². The molecule has 3 nitrogen and oxygen atoms in total. The fraction of sp³-hybridized carbons (Fsp3) is 0.500. The van der Waals surface area contributed by atoms with E-state index in [4.69, 9.17) is 11.6 Å². The van der Waals surface area contributed by atoms with Gasteiger partial charge in [-0.2, -0.15) is 0 Å². The maximum absolute atomic E-state index is 9.91. The van der Waals surface area contributed by atoms with Crippen LogP contribution in [0.1, 0.15) is 18.2 Å². The number of benzene rings is 1. The first-order chi connectivity index (χ1) is 7.59. The van der Waals surface area contributed by atoms with Crippen LogP contribution in [0.4, 0.5) is 0 Å². The van der Waals surface area contributed by atoms with Crippen LogP contribution >= 0.6 is 11.6 Å². The molecule has 1 aliphatic rings. The summed E-state index contributed by atoms with van der Waals surface area (Å²) in [6.45, 7) is 2.09. The van der Waals surface area contributed by atoms with Gasteiger partial charge in [0.05, 0.1) is 6.17 Å². The van der Waals surface area contributed by atoms with Crippen molar-refractivity contribution in [3.8, 4) is 5.75 Å². The summed E-state index contributed by atoms with van der Waals surface area (Å²) in [6, 6.07) is 5.22. The second kappa shape index (κ2) is 4.62. The summed E-state index contributed by atoms with van der Waals surface area (Å²) in [5.41, 5.74) is 0.886. The lowest BCUT2D eigenvalue weighted by molar-refractivity contribution is 0.0398. The number of phenols is 1. The summed E-state index contributed by atoms with van der Waals surface area (Å²) >= 11 is 5.98.